The van der Waals surface area contributed by atoms with Crippen LogP contribution < -0.4 is 2.81 Å². The minimum absolute atomic E-state index is 0.109. The van der Waals surface area contributed by atoms with E-state index in [0.717, 1.165) is 9.03 Å². The molecule has 1 aromatic rings. The molecule has 20 heavy (non-hydrogen) atoms. The molecule has 0 aromatic heterocycles. The van der Waals surface area contributed by atoms with Crippen molar-refractivity contribution >= 4 is 17.0 Å². The maximum atomic E-state index is 6.76. The van der Waals surface area contributed by atoms with Gasteiger partial charge in [0.05, 0.1) is 0 Å². The fourth-order valence-corrected chi connectivity index (χ4v) is 13.5. The van der Waals surface area contributed by atoms with Crippen LogP contribution in [0.2, 0.25) is 0 Å². The molecule has 0 N–H and O–H groups in total. The van der Waals surface area contributed by atoms with Crippen LogP contribution in [0.4, 0.5) is 0 Å². The van der Waals surface area contributed by atoms with Gasteiger partial charge >= 0.3 is 134 Å². The van der Waals surface area contributed by atoms with Crippen LogP contribution in [0.25, 0.3) is 0 Å². The summed E-state index contributed by atoms with van der Waals surface area (Å²) in [5.41, 5.74) is 3.74. The summed E-state index contributed by atoms with van der Waals surface area (Å²) in [5, 5.41) is 0. The van der Waals surface area contributed by atoms with Gasteiger partial charge in [0.1, 0.15) is 0 Å². The Morgan fingerprint density at radius 3 is 1.95 bits per heavy atom. The van der Waals surface area contributed by atoms with Crippen molar-refractivity contribution in [3.8, 4) is 5.75 Å². The molecule has 1 aliphatic rings. The van der Waals surface area contributed by atoms with Crippen molar-refractivity contribution in [3.63, 3.8) is 0 Å². The van der Waals surface area contributed by atoms with Gasteiger partial charge in [0.15, 0.2) is 0 Å². The van der Waals surface area contributed by atoms with Gasteiger partial charge in [0.2, 0.25) is 0 Å². The molecular formula is C16H20Cl2OZr. The molecule has 0 unspecified atom stereocenters. The van der Waals surface area contributed by atoms with Crippen LogP contribution in [-0.4, -0.2) is 0 Å². The Hall–Kier alpha value is -0.0369. The standard InChI is InChI=1S/C10H15.C6H6O.2ClH.Zr/c1-7-6-10(4,5)9(3)8(7)2;7-6-4-2-1-3-5-6;;;/h1-5H3;1-5,7H;2*1H;/q;;;;+3/p-3. The molecule has 1 aliphatic carbocycles. The van der Waals surface area contributed by atoms with Crippen molar-refractivity contribution in [2.75, 3.05) is 0 Å². The third-order valence-corrected chi connectivity index (χ3v) is 12.6. The topological polar surface area (TPSA) is 9.23 Å². The number of rotatable bonds is 3. The van der Waals surface area contributed by atoms with Gasteiger partial charge < -0.3 is 0 Å². The number of para-hydroxylation sites is 1. The summed E-state index contributed by atoms with van der Waals surface area (Å²) in [6.45, 7) is 10.8. The first-order chi connectivity index (χ1) is 9.18. The predicted molar refractivity (Wildman–Crippen MR) is 83.6 cm³/mol. The summed E-state index contributed by atoms with van der Waals surface area (Å²) in [5.74, 6) is 0.756. The third kappa shape index (κ3) is 2.80. The van der Waals surface area contributed by atoms with Crippen molar-refractivity contribution in [1.82, 2.24) is 0 Å². The average Bonchev–Trinajstić information content (AvgIpc) is 2.51. The molecule has 0 fully saturated rings. The van der Waals surface area contributed by atoms with Gasteiger partial charge in [-0.2, -0.15) is 0 Å². The van der Waals surface area contributed by atoms with E-state index in [2.05, 4.69) is 34.6 Å². The Morgan fingerprint density at radius 2 is 1.50 bits per heavy atom. The van der Waals surface area contributed by atoms with E-state index in [0.29, 0.717) is 0 Å². The molecular weight excluding hydrogens is 370 g/mol. The van der Waals surface area contributed by atoms with Crippen LogP contribution in [0.5, 0.6) is 5.75 Å². The Morgan fingerprint density at radius 1 is 0.950 bits per heavy atom. The van der Waals surface area contributed by atoms with Gasteiger partial charge in [0.25, 0.3) is 0 Å². The van der Waals surface area contributed by atoms with Crippen LogP contribution in [0.1, 0.15) is 34.6 Å². The van der Waals surface area contributed by atoms with E-state index in [1.54, 1.807) is 0 Å². The number of halogens is 2. The normalized spacial score (nSPS) is 18.8. The Labute approximate surface area is 133 Å². The second-order valence-corrected chi connectivity index (χ2v) is 17.5. The quantitative estimate of drug-likeness (QED) is 0.607. The zero-order chi connectivity index (χ0) is 15.1. The van der Waals surface area contributed by atoms with Crippen LogP contribution in [0, 0.1) is 5.41 Å². The average molecular weight is 390 g/mol. The molecule has 0 amide bonds. The van der Waals surface area contributed by atoms with Gasteiger partial charge in [-0.3, -0.25) is 0 Å². The van der Waals surface area contributed by atoms with Gasteiger partial charge in [-0.25, -0.2) is 0 Å². The zero-order valence-electron chi connectivity index (χ0n) is 12.6. The molecule has 0 radical (unpaired) electrons. The monoisotopic (exact) mass is 388 g/mol. The minimum atomic E-state index is -3.85. The van der Waals surface area contributed by atoms with Gasteiger partial charge in [0, 0.05) is 0 Å². The molecule has 4 heteroatoms. The van der Waals surface area contributed by atoms with Gasteiger partial charge in [-0.1, -0.05) is 0 Å². The number of benzene rings is 1. The van der Waals surface area contributed by atoms with E-state index >= 15 is 0 Å². The summed E-state index contributed by atoms with van der Waals surface area (Å²) in [7, 11) is 13.5. The third-order valence-electron chi connectivity index (χ3n) is 4.34. The molecule has 0 saturated heterocycles. The van der Waals surface area contributed by atoms with E-state index in [-0.39, 0.29) is 5.41 Å². The van der Waals surface area contributed by atoms with E-state index in [9.17, 15) is 0 Å². The van der Waals surface area contributed by atoms with Gasteiger partial charge in [-0.15, -0.1) is 0 Å². The van der Waals surface area contributed by atoms with Crippen molar-refractivity contribution in [1.29, 1.82) is 0 Å². The molecule has 0 atom stereocenters. The second-order valence-electron chi connectivity index (χ2n) is 5.81. The zero-order valence-corrected chi connectivity index (χ0v) is 16.5. The number of allylic oxidation sites excluding steroid dienone is 4. The summed E-state index contributed by atoms with van der Waals surface area (Å²) >= 11 is -3.85. The van der Waals surface area contributed by atoms with Crippen molar-refractivity contribution in [3.05, 3.63) is 50.3 Å². The summed E-state index contributed by atoms with van der Waals surface area (Å²) in [6.07, 6.45) is 0. The molecule has 2 rings (SSSR count). The first-order valence-electron chi connectivity index (χ1n) is 6.70. The van der Waals surface area contributed by atoms with Crippen LogP contribution in [0.3, 0.4) is 0 Å². The Balaban J connectivity index is 2.41. The van der Waals surface area contributed by atoms with Crippen molar-refractivity contribution in [2.45, 2.75) is 34.6 Å². The van der Waals surface area contributed by atoms with Gasteiger partial charge in [-0.05, 0) is 0 Å². The fourth-order valence-electron chi connectivity index (χ4n) is 2.86. The van der Waals surface area contributed by atoms with Crippen molar-refractivity contribution in [2.24, 2.45) is 5.41 Å². The SMILES string of the molecule is CC1=C(C)C(C)(C)[C]([Zr]([Cl])([Cl])[O]c2ccccc2)=C1C. The molecule has 0 bridgehead atoms. The summed E-state index contributed by atoms with van der Waals surface area (Å²) in [4.78, 5) is 0. The van der Waals surface area contributed by atoms with Crippen LogP contribution in [0.15, 0.2) is 50.3 Å². The predicted octanol–water partition coefficient (Wildman–Crippen LogP) is 6.09. The first kappa shape index (κ1) is 16.3. The Kier molecular flexibility index (Phi) is 4.60. The van der Waals surface area contributed by atoms with Crippen LogP contribution in [-0.2, 0) is 18.3 Å². The first-order valence-corrected chi connectivity index (χ1v) is 15.3. The van der Waals surface area contributed by atoms with Crippen LogP contribution >= 0.6 is 17.0 Å². The second kappa shape index (κ2) is 5.63. The van der Waals surface area contributed by atoms with E-state index in [4.69, 9.17) is 19.8 Å². The number of hydrogen-bond donors (Lipinski definition) is 0. The van der Waals surface area contributed by atoms with E-state index < -0.39 is 18.3 Å². The molecule has 1 aromatic carbocycles. The molecule has 1 nitrogen and oxygen atoms in total. The number of hydrogen-bond acceptors (Lipinski definition) is 1. The maximum absolute atomic E-state index is 6.76. The fraction of sp³-hybridized carbons (Fsp3) is 0.375. The molecule has 0 spiro atoms. The molecule has 0 saturated carbocycles. The van der Waals surface area contributed by atoms with E-state index in [1.165, 1.54) is 16.7 Å². The van der Waals surface area contributed by atoms with Crippen molar-refractivity contribution < 1.29 is 21.1 Å². The van der Waals surface area contributed by atoms with E-state index in [1.807, 2.05) is 30.3 Å². The summed E-state index contributed by atoms with van der Waals surface area (Å²) < 4.78 is 7.18. The molecule has 0 heterocycles. The molecule has 0 aliphatic heterocycles. The molecule has 108 valence electrons. The summed E-state index contributed by atoms with van der Waals surface area (Å²) in [6, 6.07) is 9.62. The Bertz CT molecular complexity index is 586.